The number of nitrogens with one attached hydrogen (secondary N) is 1. The highest BCUT2D eigenvalue weighted by atomic mass is 16.2. The molecule has 4 rings (SSSR count). The van der Waals surface area contributed by atoms with Crippen LogP contribution in [0.15, 0.2) is 60.8 Å². The van der Waals surface area contributed by atoms with Crippen molar-refractivity contribution in [1.82, 2.24) is 20.0 Å². The van der Waals surface area contributed by atoms with Crippen molar-refractivity contribution >= 4 is 5.91 Å². The van der Waals surface area contributed by atoms with Gasteiger partial charge in [0.05, 0.1) is 17.5 Å². The zero-order valence-corrected chi connectivity index (χ0v) is 15.6. The number of rotatable bonds is 4. The molecule has 138 valence electrons. The van der Waals surface area contributed by atoms with E-state index < -0.39 is 0 Å². The number of aromatic nitrogens is 2. The van der Waals surface area contributed by atoms with E-state index in [2.05, 4.69) is 46.3 Å². The summed E-state index contributed by atoms with van der Waals surface area (Å²) in [6.45, 7) is 6.35. The van der Waals surface area contributed by atoms with Crippen molar-refractivity contribution in [2.24, 2.45) is 0 Å². The molecule has 2 heterocycles. The van der Waals surface area contributed by atoms with Crippen LogP contribution in [-0.2, 0) is 6.54 Å². The molecule has 0 atom stereocenters. The Balaban J connectivity index is 1.41. The van der Waals surface area contributed by atoms with E-state index >= 15 is 0 Å². The molecule has 0 saturated carbocycles. The second kappa shape index (κ2) is 7.76. The van der Waals surface area contributed by atoms with Crippen LogP contribution >= 0.6 is 0 Å². The topological polar surface area (TPSA) is 52.2 Å². The summed E-state index contributed by atoms with van der Waals surface area (Å²) in [5.41, 5.74) is 5.11. The fourth-order valence-electron chi connectivity index (χ4n) is 3.58. The predicted octanol–water partition coefficient (Wildman–Crippen LogP) is 3.34. The number of hydrogen-bond acceptors (Lipinski definition) is 3. The van der Waals surface area contributed by atoms with E-state index in [1.54, 1.807) is 6.20 Å². The van der Waals surface area contributed by atoms with Gasteiger partial charge in [-0.2, -0.15) is 5.10 Å². The molecular weight excluding hydrogens is 336 g/mol. The highest BCUT2D eigenvalue weighted by Crippen LogP contribution is 2.22. The van der Waals surface area contributed by atoms with Gasteiger partial charge < -0.3 is 4.90 Å². The highest BCUT2D eigenvalue weighted by Gasteiger charge is 2.25. The lowest BCUT2D eigenvalue weighted by Crippen LogP contribution is -2.48. The average Bonchev–Trinajstić information content (AvgIpc) is 3.20. The number of aromatic amines is 1. The van der Waals surface area contributed by atoms with Crippen molar-refractivity contribution in [2.75, 3.05) is 26.2 Å². The molecule has 1 fully saturated rings. The molecule has 5 heteroatoms. The Hall–Kier alpha value is -2.92. The van der Waals surface area contributed by atoms with Crippen molar-refractivity contribution < 1.29 is 4.79 Å². The number of carbonyl (C=O) groups is 1. The van der Waals surface area contributed by atoms with E-state index in [1.807, 2.05) is 35.2 Å². The van der Waals surface area contributed by atoms with E-state index in [0.29, 0.717) is 5.56 Å². The van der Waals surface area contributed by atoms with Gasteiger partial charge in [-0.05, 0) is 18.1 Å². The number of hydrogen-bond donors (Lipinski definition) is 1. The third-order valence-electron chi connectivity index (χ3n) is 5.25. The number of aryl methyl sites for hydroxylation is 1. The third-order valence-corrected chi connectivity index (χ3v) is 5.25. The monoisotopic (exact) mass is 360 g/mol. The molecule has 1 aliphatic heterocycles. The van der Waals surface area contributed by atoms with E-state index in [0.717, 1.165) is 44.0 Å². The average molecular weight is 360 g/mol. The second-order valence-corrected chi connectivity index (χ2v) is 7.02. The summed E-state index contributed by atoms with van der Waals surface area (Å²) in [5, 5.41) is 7.09. The molecule has 1 aromatic heterocycles. The molecule has 1 N–H and O–H groups in total. The van der Waals surface area contributed by atoms with Gasteiger partial charge in [0.1, 0.15) is 0 Å². The molecule has 0 unspecified atom stereocenters. The summed E-state index contributed by atoms with van der Waals surface area (Å²) in [6.07, 6.45) is 1.64. The first kappa shape index (κ1) is 17.5. The van der Waals surface area contributed by atoms with Crippen LogP contribution in [0.1, 0.15) is 21.5 Å². The summed E-state index contributed by atoms with van der Waals surface area (Å²) < 4.78 is 0. The molecule has 1 aliphatic rings. The second-order valence-electron chi connectivity index (χ2n) is 7.02. The van der Waals surface area contributed by atoms with Gasteiger partial charge in [-0.1, -0.05) is 54.6 Å². The maximum absolute atomic E-state index is 13.0. The molecule has 3 aromatic rings. The fourth-order valence-corrected chi connectivity index (χ4v) is 3.58. The quantitative estimate of drug-likeness (QED) is 0.776. The molecule has 0 radical (unpaired) electrons. The zero-order chi connectivity index (χ0) is 18.6. The molecule has 5 nitrogen and oxygen atoms in total. The molecule has 1 saturated heterocycles. The first-order valence-electron chi connectivity index (χ1n) is 9.37. The normalized spacial score (nSPS) is 15.1. The Labute approximate surface area is 159 Å². The highest BCUT2D eigenvalue weighted by molar-refractivity contribution is 5.99. The van der Waals surface area contributed by atoms with Gasteiger partial charge in [-0.25, -0.2) is 0 Å². The van der Waals surface area contributed by atoms with Crippen molar-refractivity contribution in [3.63, 3.8) is 0 Å². The minimum absolute atomic E-state index is 0.0538. The maximum atomic E-state index is 13.0. The molecular formula is C22H24N4O. The number of carbonyl (C=O) groups excluding carboxylic acids is 1. The van der Waals surface area contributed by atoms with E-state index in [-0.39, 0.29) is 5.91 Å². The van der Waals surface area contributed by atoms with Crippen LogP contribution < -0.4 is 0 Å². The number of amides is 1. The lowest BCUT2D eigenvalue weighted by molar-refractivity contribution is 0.0629. The minimum Gasteiger partial charge on any atom is -0.336 e. The number of H-pyrrole nitrogens is 1. The summed E-state index contributed by atoms with van der Waals surface area (Å²) in [5.74, 6) is 0.0538. The standard InChI is InChI=1S/C22H24N4O/c1-17-7-5-6-10-19(17)16-25-11-13-26(14-12-25)22(27)20-15-23-24-21(20)18-8-3-2-4-9-18/h2-10,15H,11-14,16H2,1H3,(H,23,24). The molecule has 0 spiro atoms. The summed E-state index contributed by atoms with van der Waals surface area (Å²) in [6, 6.07) is 18.4. The van der Waals surface area contributed by atoms with Crippen LogP contribution in [0.4, 0.5) is 0 Å². The number of benzene rings is 2. The SMILES string of the molecule is Cc1ccccc1CN1CCN(C(=O)c2cn[nH]c2-c2ccccc2)CC1. The summed E-state index contributed by atoms with van der Waals surface area (Å²) in [7, 11) is 0. The first-order valence-corrected chi connectivity index (χ1v) is 9.37. The van der Waals surface area contributed by atoms with Gasteiger partial charge in [-0.3, -0.25) is 14.8 Å². The van der Waals surface area contributed by atoms with Crippen molar-refractivity contribution in [1.29, 1.82) is 0 Å². The Morgan fingerprint density at radius 2 is 1.70 bits per heavy atom. The molecule has 0 bridgehead atoms. The van der Waals surface area contributed by atoms with Gasteiger partial charge in [0.25, 0.3) is 5.91 Å². The van der Waals surface area contributed by atoms with E-state index in [1.165, 1.54) is 11.1 Å². The first-order chi connectivity index (χ1) is 13.2. The Morgan fingerprint density at radius 1 is 1.00 bits per heavy atom. The molecule has 1 amide bonds. The van der Waals surface area contributed by atoms with Crippen molar-refractivity contribution in [2.45, 2.75) is 13.5 Å². The van der Waals surface area contributed by atoms with Crippen LogP contribution in [-0.4, -0.2) is 52.1 Å². The van der Waals surface area contributed by atoms with Crippen LogP contribution in [0, 0.1) is 6.92 Å². The van der Waals surface area contributed by atoms with Crippen molar-refractivity contribution in [3.8, 4) is 11.3 Å². The fraction of sp³-hybridized carbons (Fsp3) is 0.273. The maximum Gasteiger partial charge on any atom is 0.257 e. The van der Waals surface area contributed by atoms with Crippen LogP contribution in [0.2, 0.25) is 0 Å². The smallest absolute Gasteiger partial charge is 0.257 e. The van der Waals surface area contributed by atoms with Gasteiger partial charge in [0.15, 0.2) is 0 Å². The van der Waals surface area contributed by atoms with Gasteiger partial charge in [0, 0.05) is 38.3 Å². The molecule has 2 aromatic carbocycles. The Kier molecular flexibility index (Phi) is 5.03. The lowest BCUT2D eigenvalue weighted by Gasteiger charge is -2.35. The van der Waals surface area contributed by atoms with E-state index in [9.17, 15) is 4.79 Å². The van der Waals surface area contributed by atoms with Gasteiger partial charge in [-0.15, -0.1) is 0 Å². The summed E-state index contributed by atoms with van der Waals surface area (Å²) in [4.78, 5) is 17.4. The van der Waals surface area contributed by atoms with Gasteiger partial charge in [0.2, 0.25) is 0 Å². The Bertz CT molecular complexity index is 911. The molecule has 0 aliphatic carbocycles. The van der Waals surface area contributed by atoms with Crippen LogP contribution in [0.5, 0.6) is 0 Å². The number of piperazine rings is 1. The summed E-state index contributed by atoms with van der Waals surface area (Å²) >= 11 is 0. The lowest BCUT2D eigenvalue weighted by atomic mass is 10.1. The van der Waals surface area contributed by atoms with Crippen LogP contribution in [0.3, 0.4) is 0 Å². The third kappa shape index (κ3) is 3.78. The van der Waals surface area contributed by atoms with Crippen molar-refractivity contribution in [3.05, 3.63) is 77.5 Å². The Morgan fingerprint density at radius 3 is 2.44 bits per heavy atom. The zero-order valence-electron chi connectivity index (χ0n) is 15.6. The number of nitrogens with zero attached hydrogens (tertiary/aromatic N) is 3. The largest absolute Gasteiger partial charge is 0.336 e. The van der Waals surface area contributed by atoms with E-state index in [4.69, 9.17) is 0 Å². The minimum atomic E-state index is 0.0538. The predicted molar refractivity (Wildman–Crippen MR) is 106 cm³/mol. The molecule has 27 heavy (non-hydrogen) atoms. The van der Waals surface area contributed by atoms with Crippen LogP contribution in [0.25, 0.3) is 11.3 Å². The van der Waals surface area contributed by atoms with Gasteiger partial charge >= 0.3 is 0 Å².